The second-order valence-corrected chi connectivity index (χ2v) is 5.89. The highest BCUT2D eigenvalue weighted by Gasteiger charge is 2.08. The Labute approximate surface area is 140 Å². The van der Waals surface area contributed by atoms with Crippen molar-refractivity contribution in [1.29, 1.82) is 0 Å². The summed E-state index contributed by atoms with van der Waals surface area (Å²) >= 11 is 12.8. The van der Waals surface area contributed by atoms with Gasteiger partial charge in [0.2, 0.25) is 5.91 Å². The molecule has 6 nitrogen and oxygen atoms in total. The second kappa shape index (κ2) is 7.44. The van der Waals surface area contributed by atoms with Gasteiger partial charge < -0.3 is 5.32 Å². The number of nitro groups is 1. The van der Waals surface area contributed by atoms with Crippen LogP contribution in [0.3, 0.4) is 0 Å². The Bertz CT molecular complexity index is 710. The number of carbonyl (C=O) groups is 1. The van der Waals surface area contributed by atoms with E-state index in [0.29, 0.717) is 20.8 Å². The Morgan fingerprint density at radius 3 is 2.64 bits per heavy atom. The van der Waals surface area contributed by atoms with E-state index in [9.17, 15) is 14.9 Å². The van der Waals surface area contributed by atoms with Crippen molar-refractivity contribution >= 4 is 52.2 Å². The number of aromatic nitrogens is 1. The average molecular weight is 358 g/mol. The molecule has 0 spiro atoms. The maximum absolute atomic E-state index is 11.8. The van der Waals surface area contributed by atoms with Gasteiger partial charge in [0.05, 0.1) is 25.7 Å². The van der Waals surface area contributed by atoms with Crippen LogP contribution >= 0.6 is 35.0 Å². The van der Waals surface area contributed by atoms with Crippen LogP contribution in [0.25, 0.3) is 0 Å². The number of nitrogens with zero attached hydrogens (tertiary/aromatic N) is 2. The molecular weight excluding hydrogens is 349 g/mol. The van der Waals surface area contributed by atoms with Gasteiger partial charge in [0.25, 0.3) is 5.69 Å². The molecule has 0 radical (unpaired) electrons. The molecule has 0 atom stereocenters. The molecule has 0 unspecified atom stereocenters. The van der Waals surface area contributed by atoms with Crippen molar-refractivity contribution in [2.45, 2.75) is 5.03 Å². The molecule has 1 amide bonds. The lowest BCUT2D eigenvalue weighted by Gasteiger charge is -2.06. The Morgan fingerprint density at radius 2 is 2.05 bits per heavy atom. The molecule has 9 heteroatoms. The summed E-state index contributed by atoms with van der Waals surface area (Å²) in [6.07, 6.45) is 1.15. The van der Waals surface area contributed by atoms with Gasteiger partial charge in [-0.2, -0.15) is 0 Å². The molecule has 114 valence electrons. The molecule has 0 saturated heterocycles. The van der Waals surface area contributed by atoms with Gasteiger partial charge in [0.1, 0.15) is 6.20 Å². The topological polar surface area (TPSA) is 85.1 Å². The molecule has 2 rings (SSSR count). The number of hydrogen-bond acceptors (Lipinski definition) is 5. The van der Waals surface area contributed by atoms with E-state index in [2.05, 4.69) is 10.3 Å². The number of rotatable bonds is 5. The fraction of sp³-hybridized carbons (Fsp3) is 0.0769. The summed E-state index contributed by atoms with van der Waals surface area (Å²) in [6.45, 7) is 0. The molecule has 0 saturated carbocycles. The third-order valence-electron chi connectivity index (χ3n) is 2.49. The molecule has 2 aromatic rings. The number of thioether (sulfide) groups is 1. The predicted molar refractivity (Wildman–Crippen MR) is 86.7 cm³/mol. The minimum absolute atomic E-state index is 0.0930. The van der Waals surface area contributed by atoms with Crippen LogP contribution in [0.5, 0.6) is 0 Å². The number of nitrogens with one attached hydrogen (secondary N) is 1. The van der Waals surface area contributed by atoms with Gasteiger partial charge >= 0.3 is 0 Å². The quantitative estimate of drug-likeness (QED) is 0.496. The molecule has 0 bridgehead atoms. The summed E-state index contributed by atoms with van der Waals surface area (Å²) in [5.41, 5.74) is 0.446. The fourth-order valence-electron chi connectivity index (χ4n) is 1.48. The highest BCUT2D eigenvalue weighted by atomic mass is 35.5. The zero-order chi connectivity index (χ0) is 16.1. The fourth-order valence-corrected chi connectivity index (χ4v) is 2.42. The first-order valence-corrected chi connectivity index (χ1v) is 7.68. The molecule has 0 aliphatic heterocycles. The molecule has 0 fully saturated rings. The molecule has 22 heavy (non-hydrogen) atoms. The number of carbonyl (C=O) groups excluding carboxylic acids is 1. The van der Waals surface area contributed by atoms with Crippen molar-refractivity contribution in [2.24, 2.45) is 0 Å². The molecule has 1 aromatic heterocycles. The lowest BCUT2D eigenvalue weighted by atomic mass is 10.3. The third-order valence-corrected chi connectivity index (χ3v) is 4.17. The van der Waals surface area contributed by atoms with Gasteiger partial charge in [-0.25, -0.2) is 4.98 Å². The van der Waals surface area contributed by atoms with Gasteiger partial charge in [0.15, 0.2) is 0 Å². The van der Waals surface area contributed by atoms with Crippen molar-refractivity contribution in [3.05, 3.63) is 56.7 Å². The highest BCUT2D eigenvalue weighted by Crippen LogP contribution is 2.25. The number of anilines is 1. The SMILES string of the molecule is O=C(CSc1ccc([N+](=O)[O-])cn1)Nc1ccc(Cl)c(Cl)c1. The first-order valence-electron chi connectivity index (χ1n) is 5.94. The molecule has 0 aliphatic carbocycles. The van der Waals surface area contributed by atoms with Gasteiger partial charge in [-0.1, -0.05) is 35.0 Å². The highest BCUT2D eigenvalue weighted by molar-refractivity contribution is 7.99. The van der Waals surface area contributed by atoms with Crippen molar-refractivity contribution in [1.82, 2.24) is 4.98 Å². The maximum Gasteiger partial charge on any atom is 0.287 e. The number of amides is 1. The van der Waals surface area contributed by atoms with Crippen LogP contribution in [0.15, 0.2) is 41.6 Å². The number of hydrogen-bond donors (Lipinski definition) is 1. The number of halogens is 2. The van der Waals surface area contributed by atoms with E-state index < -0.39 is 4.92 Å². The van der Waals surface area contributed by atoms with Gasteiger partial charge in [-0.3, -0.25) is 14.9 Å². The number of pyridine rings is 1. The van der Waals surface area contributed by atoms with E-state index in [0.717, 1.165) is 6.20 Å². The van der Waals surface area contributed by atoms with Crippen LogP contribution < -0.4 is 5.32 Å². The van der Waals surface area contributed by atoms with Crippen molar-refractivity contribution < 1.29 is 9.72 Å². The van der Waals surface area contributed by atoms with E-state index in [1.54, 1.807) is 18.2 Å². The van der Waals surface area contributed by atoms with Crippen LogP contribution in [-0.4, -0.2) is 21.6 Å². The van der Waals surface area contributed by atoms with Crippen molar-refractivity contribution in [3.8, 4) is 0 Å². The Kier molecular flexibility index (Phi) is 5.59. The summed E-state index contributed by atoms with van der Waals surface area (Å²) in [7, 11) is 0. The first kappa shape index (κ1) is 16.5. The van der Waals surface area contributed by atoms with E-state index >= 15 is 0 Å². The summed E-state index contributed by atoms with van der Waals surface area (Å²) in [4.78, 5) is 25.7. The summed E-state index contributed by atoms with van der Waals surface area (Å²) < 4.78 is 0. The maximum atomic E-state index is 11.8. The Morgan fingerprint density at radius 1 is 1.27 bits per heavy atom. The largest absolute Gasteiger partial charge is 0.325 e. The molecule has 0 aliphatic rings. The Hall–Kier alpha value is -1.83. The van der Waals surface area contributed by atoms with Crippen molar-refractivity contribution in [2.75, 3.05) is 11.1 Å². The third kappa shape index (κ3) is 4.59. The van der Waals surface area contributed by atoms with E-state index in [-0.39, 0.29) is 17.3 Å². The van der Waals surface area contributed by atoms with Gasteiger partial charge in [0, 0.05) is 11.8 Å². The van der Waals surface area contributed by atoms with E-state index in [1.807, 2.05) is 0 Å². The molecular formula is C13H9Cl2N3O3S. The smallest absolute Gasteiger partial charge is 0.287 e. The monoisotopic (exact) mass is 357 g/mol. The molecule has 1 heterocycles. The second-order valence-electron chi connectivity index (χ2n) is 4.08. The molecule has 1 aromatic carbocycles. The van der Waals surface area contributed by atoms with E-state index in [4.69, 9.17) is 23.2 Å². The van der Waals surface area contributed by atoms with Crippen LogP contribution in [0.4, 0.5) is 11.4 Å². The minimum Gasteiger partial charge on any atom is -0.325 e. The molecule has 1 N–H and O–H groups in total. The summed E-state index contributed by atoms with van der Waals surface area (Å²) in [5.74, 6) is -0.131. The lowest BCUT2D eigenvalue weighted by molar-refractivity contribution is -0.385. The van der Waals surface area contributed by atoms with Gasteiger partial charge in [-0.15, -0.1) is 0 Å². The van der Waals surface area contributed by atoms with Crippen LogP contribution in [0.1, 0.15) is 0 Å². The predicted octanol–water partition coefficient (Wildman–Crippen LogP) is 4.03. The standard InChI is InChI=1S/C13H9Cl2N3O3S/c14-10-3-1-8(5-11(10)15)17-12(19)7-22-13-4-2-9(6-16-13)18(20)21/h1-6H,7H2,(H,17,19). The zero-order valence-electron chi connectivity index (χ0n) is 11.0. The lowest BCUT2D eigenvalue weighted by Crippen LogP contribution is -2.14. The van der Waals surface area contributed by atoms with Gasteiger partial charge in [-0.05, 0) is 24.3 Å². The summed E-state index contributed by atoms with van der Waals surface area (Å²) in [6, 6.07) is 7.61. The first-order chi connectivity index (χ1) is 10.5. The van der Waals surface area contributed by atoms with Crippen LogP contribution in [0, 0.1) is 10.1 Å². The van der Waals surface area contributed by atoms with Crippen LogP contribution in [0.2, 0.25) is 10.0 Å². The van der Waals surface area contributed by atoms with Crippen LogP contribution in [-0.2, 0) is 4.79 Å². The van der Waals surface area contributed by atoms with Crippen molar-refractivity contribution in [3.63, 3.8) is 0 Å². The Balaban J connectivity index is 1.89. The number of benzene rings is 1. The average Bonchev–Trinajstić information content (AvgIpc) is 2.49. The van der Waals surface area contributed by atoms with E-state index in [1.165, 1.54) is 23.9 Å². The summed E-state index contributed by atoms with van der Waals surface area (Å²) in [5, 5.41) is 14.5. The minimum atomic E-state index is -0.529. The normalized spacial score (nSPS) is 10.3. The zero-order valence-corrected chi connectivity index (χ0v) is 13.3.